The number of rotatable bonds is 4. The van der Waals surface area contributed by atoms with Crippen molar-refractivity contribution in [2.45, 2.75) is 12.5 Å². The van der Waals surface area contributed by atoms with Gasteiger partial charge in [0.2, 0.25) is 0 Å². The highest BCUT2D eigenvalue weighted by atomic mass is 16.3. The van der Waals surface area contributed by atoms with E-state index in [0.717, 1.165) is 39.6 Å². The fourth-order valence-electron chi connectivity index (χ4n) is 6.25. The van der Waals surface area contributed by atoms with Crippen molar-refractivity contribution in [3.63, 3.8) is 0 Å². The molecule has 0 radical (unpaired) electrons. The molecule has 2 heterocycles. The summed E-state index contributed by atoms with van der Waals surface area (Å²) in [5, 5.41) is 7.12. The smallest absolute Gasteiger partial charge is 0.137 e. The van der Waals surface area contributed by atoms with Crippen molar-refractivity contribution in [1.29, 1.82) is 0 Å². The average Bonchev–Trinajstić information content (AvgIpc) is 3.51. The van der Waals surface area contributed by atoms with Crippen molar-refractivity contribution in [3.05, 3.63) is 139 Å². The first-order chi connectivity index (χ1) is 19.3. The van der Waals surface area contributed by atoms with Crippen LogP contribution in [0.2, 0.25) is 0 Å². The summed E-state index contributed by atoms with van der Waals surface area (Å²) in [5.74, 6) is 0. The molecule has 2 N–H and O–H groups in total. The van der Waals surface area contributed by atoms with Gasteiger partial charge in [0.05, 0.1) is 16.7 Å². The Bertz CT molecular complexity index is 2170. The van der Waals surface area contributed by atoms with Gasteiger partial charge in [-0.15, -0.1) is 0 Å². The molecule has 0 aliphatic carbocycles. The van der Waals surface area contributed by atoms with Gasteiger partial charge in [-0.25, -0.2) is 0 Å². The number of nitrogens with zero attached hydrogens (tertiary/aromatic N) is 1. The van der Waals surface area contributed by atoms with Crippen molar-refractivity contribution in [1.82, 2.24) is 4.57 Å². The maximum Gasteiger partial charge on any atom is 0.137 e. The molecule has 0 unspecified atom stereocenters. The molecule has 0 saturated carbocycles. The van der Waals surface area contributed by atoms with Gasteiger partial charge in [-0.1, -0.05) is 97.1 Å². The topological polar surface area (TPSA) is 44.1 Å². The number of hydrogen-bond acceptors (Lipinski definition) is 2. The standard InChI is InChI=1S/C36H26N2O/c37-31(20-23-10-2-1-3-11-23)25-18-19-33(26-13-5-4-12-24(25)26)38-32-16-8-6-14-27(32)29-21-30-28-15-7-9-17-35(28)39-36(30)22-34(29)38/h1-19,21-22,31H,20,37H2/t31-/m1/s1. The van der Waals surface area contributed by atoms with Crippen molar-refractivity contribution < 1.29 is 4.42 Å². The second-order valence-corrected chi connectivity index (χ2v) is 10.3. The van der Waals surface area contributed by atoms with Crippen LogP contribution in [-0.4, -0.2) is 4.57 Å². The van der Waals surface area contributed by atoms with E-state index < -0.39 is 0 Å². The number of hydrogen-bond donors (Lipinski definition) is 1. The van der Waals surface area contributed by atoms with E-state index in [4.69, 9.17) is 10.2 Å². The minimum absolute atomic E-state index is 0.0975. The van der Waals surface area contributed by atoms with Crippen molar-refractivity contribution in [2.24, 2.45) is 5.73 Å². The Morgan fingerprint density at radius 1 is 0.538 bits per heavy atom. The summed E-state index contributed by atoms with van der Waals surface area (Å²) in [6.45, 7) is 0. The zero-order valence-corrected chi connectivity index (χ0v) is 21.3. The first-order valence-electron chi connectivity index (χ1n) is 13.4. The molecule has 8 aromatic rings. The third-order valence-corrected chi connectivity index (χ3v) is 8.04. The molecule has 1 atom stereocenters. The van der Waals surface area contributed by atoms with Crippen LogP contribution in [0, 0.1) is 0 Å². The Labute approximate surface area is 225 Å². The summed E-state index contributed by atoms with van der Waals surface area (Å²) in [5.41, 5.74) is 14.5. The molecule has 0 amide bonds. The predicted octanol–water partition coefficient (Wildman–Crippen LogP) is 9.08. The SMILES string of the molecule is N[C@H](Cc1ccccc1)c1ccc(-n2c3ccccc3c3cc4c(cc32)oc2ccccc24)c2ccccc12. The summed E-state index contributed by atoms with van der Waals surface area (Å²) >= 11 is 0. The summed E-state index contributed by atoms with van der Waals surface area (Å²) in [4.78, 5) is 0. The molecule has 3 heteroatoms. The number of aromatic nitrogens is 1. The van der Waals surface area contributed by atoms with Gasteiger partial charge in [0.25, 0.3) is 0 Å². The predicted molar refractivity (Wildman–Crippen MR) is 163 cm³/mol. The van der Waals surface area contributed by atoms with Gasteiger partial charge < -0.3 is 14.7 Å². The largest absolute Gasteiger partial charge is 0.456 e. The molecule has 0 aliphatic heterocycles. The number of furan rings is 1. The van der Waals surface area contributed by atoms with Gasteiger partial charge in [0.1, 0.15) is 11.2 Å². The Morgan fingerprint density at radius 3 is 2.08 bits per heavy atom. The molecule has 3 nitrogen and oxygen atoms in total. The summed E-state index contributed by atoms with van der Waals surface area (Å²) in [6.07, 6.45) is 0.795. The molecular weight excluding hydrogens is 476 g/mol. The second-order valence-electron chi connectivity index (χ2n) is 10.3. The van der Waals surface area contributed by atoms with Crippen LogP contribution in [0.1, 0.15) is 17.2 Å². The van der Waals surface area contributed by atoms with Gasteiger partial charge in [-0.3, -0.25) is 0 Å². The minimum atomic E-state index is -0.0975. The molecule has 0 saturated heterocycles. The highest BCUT2D eigenvalue weighted by Crippen LogP contribution is 2.40. The molecule has 0 aliphatic rings. The highest BCUT2D eigenvalue weighted by Gasteiger charge is 2.19. The molecule has 6 aromatic carbocycles. The maximum absolute atomic E-state index is 6.82. The summed E-state index contributed by atoms with van der Waals surface area (Å²) < 4.78 is 8.69. The van der Waals surface area contributed by atoms with E-state index in [1.807, 2.05) is 18.2 Å². The van der Waals surface area contributed by atoms with Gasteiger partial charge in [-0.05, 0) is 47.2 Å². The minimum Gasteiger partial charge on any atom is -0.456 e. The highest BCUT2D eigenvalue weighted by molar-refractivity contribution is 6.18. The molecule has 2 aromatic heterocycles. The Balaban J connectivity index is 1.39. The van der Waals surface area contributed by atoms with Gasteiger partial charge >= 0.3 is 0 Å². The van der Waals surface area contributed by atoms with Crippen LogP contribution < -0.4 is 5.73 Å². The van der Waals surface area contributed by atoms with Crippen molar-refractivity contribution in [2.75, 3.05) is 0 Å². The Hall–Kier alpha value is -4.86. The number of fused-ring (bicyclic) bond motifs is 7. The van der Waals surface area contributed by atoms with Crippen LogP contribution in [-0.2, 0) is 6.42 Å². The van der Waals surface area contributed by atoms with Gasteiger partial charge in [0.15, 0.2) is 0 Å². The van der Waals surface area contributed by atoms with Crippen LogP contribution in [0.4, 0.5) is 0 Å². The number of para-hydroxylation sites is 2. The van der Waals surface area contributed by atoms with E-state index in [0.29, 0.717) is 0 Å². The lowest BCUT2D eigenvalue weighted by Crippen LogP contribution is -2.14. The fourth-order valence-corrected chi connectivity index (χ4v) is 6.25. The lowest BCUT2D eigenvalue weighted by atomic mass is 9.94. The van der Waals surface area contributed by atoms with Crippen molar-refractivity contribution >= 4 is 54.5 Å². The number of benzene rings is 6. The second kappa shape index (κ2) is 8.59. The lowest BCUT2D eigenvalue weighted by molar-refractivity contribution is 0.669. The van der Waals surface area contributed by atoms with E-state index in [9.17, 15) is 0 Å². The lowest BCUT2D eigenvalue weighted by Gasteiger charge is -2.18. The van der Waals surface area contributed by atoms with Crippen molar-refractivity contribution in [3.8, 4) is 5.69 Å². The zero-order valence-electron chi connectivity index (χ0n) is 21.3. The molecule has 8 rings (SSSR count). The normalized spacial score (nSPS) is 12.7. The van der Waals surface area contributed by atoms with E-state index >= 15 is 0 Å². The van der Waals surface area contributed by atoms with E-state index in [-0.39, 0.29) is 6.04 Å². The van der Waals surface area contributed by atoms with Gasteiger partial charge in [0, 0.05) is 39.0 Å². The molecule has 0 spiro atoms. The van der Waals surface area contributed by atoms with Crippen LogP contribution in [0.5, 0.6) is 0 Å². The molecule has 0 fully saturated rings. The van der Waals surface area contributed by atoms with Gasteiger partial charge in [-0.2, -0.15) is 0 Å². The molecule has 0 bridgehead atoms. The first kappa shape index (κ1) is 22.2. The molecule has 186 valence electrons. The third-order valence-electron chi connectivity index (χ3n) is 8.04. The summed E-state index contributed by atoms with van der Waals surface area (Å²) in [6, 6.07) is 44.9. The average molecular weight is 503 g/mol. The number of nitrogens with two attached hydrogens (primary N) is 1. The monoisotopic (exact) mass is 502 g/mol. The van der Waals surface area contributed by atoms with Crippen LogP contribution >= 0.6 is 0 Å². The zero-order chi connectivity index (χ0) is 25.9. The third kappa shape index (κ3) is 3.41. The fraction of sp³-hybridized carbons (Fsp3) is 0.0556. The van der Waals surface area contributed by atoms with Crippen LogP contribution in [0.25, 0.3) is 60.2 Å². The van der Waals surface area contributed by atoms with E-state index in [1.54, 1.807) is 0 Å². The Morgan fingerprint density at radius 2 is 1.23 bits per heavy atom. The quantitative estimate of drug-likeness (QED) is 0.261. The molecular formula is C36H26N2O. The first-order valence-corrected chi connectivity index (χ1v) is 13.4. The van der Waals surface area contributed by atoms with E-state index in [2.05, 4.69) is 114 Å². The van der Waals surface area contributed by atoms with E-state index in [1.165, 1.54) is 38.2 Å². The Kier molecular flexibility index (Phi) is 4.88. The van der Waals surface area contributed by atoms with Crippen LogP contribution in [0.15, 0.2) is 132 Å². The van der Waals surface area contributed by atoms with Crippen LogP contribution in [0.3, 0.4) is 0 Å². The summed E-state index contributed by atoms with van der Waals surface area (Å²) in [7, 11) is 0. The molecule has 39 heavy (non-hydrogen) atoms. The maximum atomic E-state index is 6.82.